The number of nitrogens with one attached hydrogen (secondary N) is 1. The second kappa shape index (κ2) is 8.50. The Hall–Kier alpha value is -2.77. The van der Waals surface area contributed by atoms with Crippen LogP contribution in [0, 0.1) is 10.1 Å². The van der Waals surface area contributed by atoms with Crippen LogP contribution >= 0.6 is 22.9 Å². The van der Waals surface area contributed by atoms with E-state index in [9.17, 15) is 14.9 Å². The molecule has 0 bridgehead atoms. The minimum Gasteiger partial charge on any atom is -0.298 e. The maximum Gasteiger partial charge on any atom is 0.288 e. The third kappa shape index (κ3) is 4.37. The highest BCUT2D eigenvalue weighted by Crippen LogP contribution is 2.29. The van der Waals surface area contributed by atoms with Crippen molar-refractivity contribution in [3.8, 4) is 11.3 Å². The first kappa shape index (κ1) is 20.0. The minimum absolute atomic E-state index is 0.0149. The van der Waals surface area contributed by atoms with Crippen LogP contribution < -0.4 is 5.32 Å². The van der Waals surface area contributed by atoms with Crippen molar-refractivity contribution in [2.45, 2.75) is 26.2 Å². The van der Waals surface area contributed by atoms with Crippen LogP contribution in [0.5, 0.6) is 0 Å². The van der Waals surface area contributed by atoms with Gasteiger partial charge in [0.15, 0.2) is 5.13 Å². The molecule has 28 heavy (non-hydrogen) atoms. The summed E-state index contributed by atoms with van der Waals surface area (Å²) in [6, 6.07) is 12.1. The number of thiazole rings is 1. The molecule has 0 saturated carbocycles. The molecule has 0 saturated heterocycles. The van der Waals surface area contributed by atoms with Crippen LogP contribution in [-0.4, -0.2) is 15.8 Å². The lowest BCUT2D eigenvalue weighted by molar-refractivity contribution is -0.384. The third-order valence-electron chi connectivity index (χ3n) is 4.52. The summed E-state index contributed by atoms with van der Waals surface area (Å²) in [5, 5.41) is 15.9. The Labute approximate surface area is 171 Å². The molecule has 0 aliphatic rings. The van der Waals surface area contributed by atoms with E-state index in [-0.39, 0.29) is 16.3 Å². The van der Waals surface area contributed by atoms with E-state index in [1.165, 1.54) is 29.0 Å². The van der Waals surface area contributed by atoms with Gasteiger partial charge in [-0.25, -0.2) is 4.98 Å². The average Bonchev–Trinajstić information content (AvgIpc) is 3.16. The molecule has 3 rings (SSSR count). The highest BCUT2D eigenvalue weighted by molar-refractivity contribution is 7.14. The van der Waals surface area contributed by atoms with Crippen LogP contribution in [0.3, 0.4) is 0 Å². The second-order valence-corrected chi connectivity index (χ2v) is 7.61. The van der Waals surface area contributed by atoms with Crippen LogP contribution in [0.1, 0.15) is 42.1 Å². The first-order valence-corrected chi connectivity index (χ1v) is 9.96. The second-order valence-electron chi connectivity index (χ2n) is 6.35. The van der Waals surface area contributed by atoms with Crippen LogP contribution in [0.2, 0.25) is 5.02 Å². The van der Waals surface area contributed by atoms with Crippen molar-refractivity contribution in [2.75, 3.05) is 5.32 Å². The van der Waals surface area contributed by atoms with Gasteiger partial charge in [-0.15, -0.1) is 11.3 Å². The lowest BCUT2D eigenvalue weighted by Crippen LogP contribution is -2.12. The fourth-order valence-electron chi connectivity index (χ4n) is 2.64. The predicted octanol–water partition coefficient (Wildman–Crippen LogP) is 6.14. The number of hydrogen-bond acceptors (Lipinski definition) is 5. The van der Waals surface area contributed by atoms with Crippen LogP contribution in [0.4, 0.5) is 10.8 Å². The monoisotopic (exact) mass is 415 g/mol. The Kier molecular flexibility index (Phi) is 6.06. The molecule has 0 aliphatic heterocycles. The molecule has 1 atom stereocenters. The lowest BCUT2D eigenvalue weighted by Gasteiger charge is -2.08. The van der Waals surface area contributed by atoms with Crippen molar-refractivity contribution >= 4 is 39.7 Å². The molecule has 0 spiro atoms. The molecule has 2 aromatic carbocycles. The van der Waals surface area contributed by atoms with E-state index in [0.29, 0.717) is 11.0 Å². The fourth-order valence-corrected chi connectivity index (χ4v) is 3.55. The van der Waals surface area contributed by atoms with Crippen molar-refractivity contribution in [1.82, 2.24) is 4.98 Å². The van der Waals surface area contributed by atoms with Crippen molar-refractivity contribution in [2.24, 2.45) is 0 Å². The molecule has 6 nitrogen and oxygen atoms in total. The van der Waals surface area contributed by atoms with Gasteiger partial charge in [-0.05, 0) is 30.0 Å². The number of amides is 1. The molecule has 1 N–H and O–H groups in total. The fraction of sp³-hybridized carbons (Fsp3) is 0.200. The zero-order valence-electron chi connectivity index (χ0n) is 15.3. The van der Waals surface area contributed by atoms with Crippen molar-refractivity contribution in [3.63, 3.8) is 0 Å². The first-order valence-electron chi connectivity index (χ1n) is 8.70. The number of carbonyl (C=O) groups is 1. The maximum atomic E-state index is 12.4. The largest absolute Gasteiger partial charge is 0.298 e. The van der Waals surface area contributed by atoms with Gasteiger partial charge in [0.1, 0.15) is 5.02 Å². The Morgan fingerprint density at radius 1 is 1.29 bits per heavy atom. The Morgan fingerprint density at radius 3 is 2.64 bits per heavy atom. The molecule has 0 unspecified atom stereocenters. The molecular formula is C20H18ClN3O3S. The molecule has 3 aromatic rings. The Bertz CT molecular complexity index is 1020. The summed E-state index contributed by atoms with van der Waals surface area (Å²) in [6.45, 7) is 4.34. The van der Waals surface area contributed by atoms with Crippen LogP contribution in [0.15, 0.2) is 47.8 Å². The summed E-state index contributed by atoms with van der Waals surface area (Å²) >= 11 is 7.08. The third-order valence-corrected chi connectivity index (χ3v) is 5.59. The summed E-state index contributed by atoms with van der Waals surface area (Å²) in [6.07, 6.45) is 1.08. The SMILES string of the molecule is CC[C@H](C)c1ccc(-c2csc(NC(=O)c3ccc(Cl)c([N+](=O)[O-])c3)n2)cc1. The number of nitrogens with zero attached hydrogens (tertiary/aromatic N) is 2. The minimum atomic E-state index is -0.621. The summed E-state index contributed by atoms with van der Waals surface area (Å²) in [7, 11) is 0. The number of anilines is 1. The molecule has 1 amide bonds. The predicted molar refractivity (Wildman–Crippen MR) is 112 cm³/mol. The quantitative estimate of drug-likeness (QED) is 0.387. The first-order chi connectivity index (χ1) is 13.4. The standard InChI is InChI=1S/C20H18ClN3O3S/c1-3-12(2)13-4-6-14(7-5-13)17-11-28-20(22-17)23-19(25)15-8-9-16(21)18(10-15)24(26)27/h4-12H,3H2,1-2H3,(H,22,23,25)/t12-/m0/s1. The maximum absolute atomic E-state index is 12.4. The number of nitro groups is 1. The molecule has 0 fully saturated rings. The zero-order chi connectivity index (χ0) is 20.3. The Morgan fingerprint density at radius 2 is 2.00 bits per heavy atom. The van der Waals surface area contributed by atoms with E-state index in [1.54, 1.807) is 0 Å². The number of hydrogen-bond donors (Lipinski definition) is 1. The molecule has 8 heteroatoms. The highest BCUT2D eigenvalue weighted by atomic mass is 35.5. The van der Waals surface area contributed by atoms with Crippen LogP contribution in [-0.2, 0) is 0 Å². The van der Waals surface area contributed by atoms with Crippen molar-refractivity contribution in [1.29, 1.82) is 0 Å². The van der Waals surface area contributed by atoms with Gasteiger partial charge in [0.05, 0.1) is 10.6 Å². The summed E-state index contributed by atoms with van der Waals surface area (Å²) < 4.78 is 0. The number of carbonyl (C=O) groups excluding carboxylic acids is 1. The van der Waals surface area contributed by atoms with E-state index in [0.717, 1.165) is 23.7 Å². The van der Waals surface area contributed by atoms with Gasteiger partial charge in [0.25, 0.3) is 11.6 Å². The normalized spacial score (nSPS) is 11.8. The van der Waals surface area contributed by atoms with Crippen LogP contribution in [0.25, 0.3) is 11.3 Å². The van der Waals surface area contributed by atoms with Gasteiger partial charge in [-0.2, -0.15) is 0 Å². The molecule has 144 valence electrons. The van der Waals surface area contributed by atoms with E-state index in [4.69, 9.17) is 11.6 Å². The van der Waals surface area contributed by atoms with E-state index in [2.05, 4.69) is 36.3 Å². The molecular weight excluding hydrogens is 398 g/mol. The van der Waals surface area contributed by atoms with Gasteiger partial charge in [0.2, 0.25) is 0 Å². The topological polar surface area (TPSA) is 85.1 Å². The summed E-state index contributed by atoms with van der Waals surface area (Å²) in [5.74, 6) is 0.0237. The summed E-state index contributed by atoms with van der Waals surface area (Å²) in [4.78, 5) is 27.2. The summed E-state index contributed by atoms with van der Waals surface area (Å²) in [5.41, 5.74) is 2.84. The molecule has 0 radical (unpaired) electrons. The zero-order valence-corrected chi connectivity index (χ0v) is 16.9. The lowest BCUT2D eigenvalue weighted by atomic mass is 9.97. The van der Waals surface area contributed by atoms with Gasteiger partial charge in [-0.1, -0.05) is 49.7 Å². The number of benzene rings is 2. The van der Waals surface area contributed by atoms with E-state index < -0.39 is 10.8 Å². The van der Waals surface area contributed by atoms with Crippen molar-refractivity contribution < 1.29 is 9.72 Å². The smallest absolute Gasteiger partial charge is 0.288 e. The van der Waals surface area contributed by atoms with E-state index >= 15 is 0 Å². The average molecular weight is 416 g/mol. The molecule has 1 aromatic heterocycles. The molecule has 1 heterocycles. The van der Waals surface area contributed by atoms with Gasteiger partial charge < -0.3 is 0 Å². The van der Waals surface area contributed by atoms with Gasteiger partial charge in [0, 0.05) is 22.6 Å². The van der Waals surface area contributed by atoms with E-state index in [1.807, 2.05) is 17.5 Å². The molecule has 0 aliphatic carbocycles. The van der Waals surface area contributed by atoms with Crippen molar-refractivity contribution in [3.05, 3.63) is 74.1 Å². The number of rotatable bonds is 6. The Balaban J connectivity index is 1.75. The highest BCUT2D eigenvalue weighted by Gasteiger charge is 2.17. The number of aromatic nitrogens is 1. The number of halogens is 1. The van der Waals surface area contributed by atoms with Gasteiger partial charge in [-0.3, -0.25) is 20.2 Å². The number of nitro benzene ring substituents is 1. The van der Waals surface area contributed by atoms with Gasteiger partial charge >= 0.3 is 0 Å².